The number of ether oxygens (including phenoxy) is 1. The minimum atomic E-state index is -0.565. The van der Waals surface area contributed by atoms with Gasteiger partial charge in [0, 0.05) is 14.1 Å². The van der Waals surface area contributed by atoms with Crippen LogP contribution in [0.5, 0.6) is 5.75 Å². The second kappa shape index (κ2) is 4.91. The Labute approximate surface area is 112 Å². The Balaban J connectivity index is 2.37. The van der Waals surface area contributed by atoms with Crippen molar-refractivity contribution in [1.82, 2.24) is 4.90 Å². The second-order valence-corrected chi connectivity index (χ2v) is 4.94. The first-order valence-electron chi connectivity index (χ1n) is 6.19. The van der Waals surface area contributed by atoms with Crippen LogP contribution in [0.4, 0.5) is 5.69 Å². The number of fused-ring (bicyclic) bond motifs is 1. The van der Waals surface area contributed by atoms with Gasteiger partial charge in [-0.05, 0) is 31.5 Å². The summed E-state index contributed by atoms with van der Waals surface area (Å²) in [6.07, 6.45) is -0.565. The first-order chi connectivity index (χ1) is 8.90. The first kappa shape index (κ1) is 13.4. The highest BCUT2D eigenvalue weighted by molar-refractivity contribution is 6.03. The van der Waals surface area contributed by atoms with Crippen LogP contribution in [0.25, 0.3) is 0 Å². The van der Waals surface area contributed by atoms with Crippen LogP contribution in [-0.4, -0.2) is 43.5 Å². The molecule has 0 radical (unpaired) electrons. The van der Waals surface area contributed by atoms with E-state index in [9.17, 15) is 9.59 Å². The number of rotatable bonds is 2. The molecule has 0 saturated carbocycles. The summed E-state index contributed by atoms with van der Waals surface area (Å²) in [6, 6.07) is 5.60. The topological polar surface area (TPSA) is 49.9 Å². The van der Waals surface area contributed by atoms with Crippen LogP contribution in [0.2, 0.25) is 0 Å². The van der Waals surface area contributed by atoms with Crippen molar-refractivity contribution in [1.29, 1.82) is 0 Å². The molecule has 0 aliphatic carbocycles. The summed E-state index contributed by atoms with van der Waals surface area (Å²) >= 11 is 0. The summed E-state index contributed by atoms with van der Waals surface area (Å²) in [4.78, 5) is 27.0. The maximum Gasteiger partial charge on any atom is 0.268 e. The molecule has 1 atom stereocenters. The van der Waals surface area contributed by atoms with Crippen molar-refractivity contribution in [3.8, 4) is 5.75 Å². The molecule has 19 heavy (non-hydrogen) atoms. The fraction of sp³-hybridized carbons (Fsp3) is 0.429. The molecule has 0 unspecified atom stereocenters. The lowest BCUT2D eigenvalue weighted by molar-refractivity contribution is -0.131. The molecule has 0 aromatic heterocycles. The van der Waals surface area contributed by atoms with E-state index in [0.717, 1.165) is 5.56 Å². The van der Waals surface area contributed by atoms with E-state index in [2.05, 4.69) is 0 Å². The fourth-order valence-corrected chi connectivity index (χ4v) is 1.96. The van der Waals surface area contributed by atoms with E-state index in [1.54, 1.807) is 21.0 Å². The Kier molecular flexibility index (Phi) is 3.46. The van der Waals surface area contributed by atoms with Gasteiger partial charge < -0.3 is 9.64 Å². The molecule has 5 nitrogen and oxygen atoms in total. The van der Waals surface area contributed by atoms with Crippen molar-refractivity contribution in [2.45, 2.75) is 20.0 Å². The summed E-state index contributed by atoms with van der Waals surface area (Å²) < 4.78 is 5.58. The lowest BCUT2D eigenvalue weighted by Crippen LogP contribution is -2.48. The number of nitrogens with zero attached hydrogens (tertiary/aromatic N) is 2. The zero-order valence-electron chi connectivity index (χ0n) is 11.6. The summed E-state index contributed by atoms with van der Waals surface area (Å²) in [5.74, 6) is 0.346. The van der Waals surface area contributed by atoms with E-state index < -0.39 is 6.10 Å². The summed E-state index contributed by atoms with van der Waals surface area (Å²) in [5, 5.41) is 0. The monoisotopic (exact) mass is 262 g/mol. The maximum atomic E-state index is 12.2. The number of hydrogen-bond donors (Lipinski definition) is 0. The average molecular weight is 262 g/mol. The molecule has 1 aliphatic heterocycles. The zero-order chi connectivity index (χ0) is 14.2. The minimum absolute atomic E-state index is 0.0373. The van der Waals surface area contributed by atoms with Crippen molar-refractivity contribution in [3.05, 3.63) is 23.8 Å². The molecule has 5 heteroatoms. The quantitative estimate of drug-likeness (QED) is 0.804. The molecule has 2 amide bonds. The predicted octanol–water partition coefficient (Wildman–Crippen LogP) is 1.20. The highest BCUT2D eigenvalue weighted by atomic mass is 16.5. The molecule has 1 heterocycles. The van der Waals surface area contributed by atoms with Crippen molar-refractivity contribution in [2.75, 3.05) is 25.5 Å². The molecule has 1 aliphatic rings. The van der Waals surface area contributed by atoms with Gasteiger partial charge in [0.05, 0.1) is 5.69 Å². The molecular formula is C14H18N2O3. The summed E-state index contributed by atoms with van der Waals surface area (Å²) in [6.45, 7) is 3.69. The average Bonchev–Trinajstić information content (AvgIpc) is 2.34. The summed E-state index contributed by atoms with van der Waals surface area (Å²) in [7, 11) is 3.35. The van der Waals surface area contributed by atoms with Crippen molar-refractivity contribution >= 4 is 17.5 Å². The number of carbonyl (C=O) groups is 2. The number of carbonyl (C=O) groups excluding carboxylic acids is 2. The lowest BCUT2D eigenvalue weighted by atomic mass is 10.1. The Morgan fingerprint density at radius 3 is 2.74 bits per heavy atom. The Morgan fingerprint density at radius 2 is 2.11 bits per heavy atom. The van der Waals surface area contributed by atoms with Gasteiger partial charge in [-0.25, -0.2) is 0 Å². The molecule has 1 aromatic carbocycles. The van der Waals surface area contributed by atoms with Crippen LogP contribution in [-0.2, 0) is 9.59 Å². The molecule has 0 bridgehead atoms. The molecule has 2 rings (SSSR count). The van der Waals surface area contributed by atoms with Crippen LogP contribution in [0.3, 0.4) is 0 Å². The van der Waals surface area contributed by atoms with Gasteiger partial charge in [-0.1, -0.05) is 6.07 Å². The summed E-state index contributed by atoms with van der Waals surface area (Å²) in [5.41, 5.74) is 1.71. The number of amides is 2. The van der Waals surface area contributed by atoms with Crippen LogP contribution in [0, 0.1) is 6.92 Å². The highest BCUT2D eigenvalue weighted by Crippen LogP contribution is 2.34. The zero-order valence-corrected chi connectivity index (χ0v) is 11.6. The van der Waals surface area contributed by atoms with E-state index >= 15 is 0 Å². The Hall–Kier alpha value is -2.04. The van der Waals surface area contributed by atoms with Crippen LogP contribution in [0.15, 0.2) is 18.2 Å². The molecule has 1 aromatic rings. The third-order valence-corrected chi connectivity index (χ3v) is 3.12. The molecule has 0 fully saturated rings. The molecule has 0 N–H and O–H groups in total. The van der Waals surface area contributed by atoms with Gasteiger partial charge in [-0.2, -0.15) is 0 Å². The third-order valence-electron chi connectivity index (χ3n) is 3.12. The normalized spacial score (nSPS) is 17.8. The fourth-order valence-electron chi connectivity index (χ4n) is 1.96. The van der Waals surface area contributed by atoms with Gasteiger partial charge in [0.25, 0.3) is 5.91 Å². The van der Waals surface area contributed by atoms with E-state index in [0.29, 0.717) is 11.4 Å². The first-order valence-corrected chi connectivity index (χ1v) is 6.19. The van der Waals surface area contributed by atoms with E-state index in [-0.39, 0.29) is 18.4 Å². The van der Waals surface area contributed by atoms with Crippen LogP contribution < -0.4 is 9.64 Å². The van der Waals surface area contributed by atoms with Crippen molar-refractivity contribution in [2.24, 2.45) is 0 Å². The maximum absolute atomic E-state index is 12.2. The molecular weight excluding hydrogens is 244 g/mol. The largest absolute Gasteiger partial charge is 0.479 e. The predicted molar refractivity (Wildman–Crippen MR) is 72.3 cm³/mol. The smallest absolute Gasteiger partial charge is 0.268 e. The number of likely N-dealkylation sites (N-methyl/N-ethyl adjacent to an activating group) is 1. The van der Waals surface area contributed by atoms with Crippen molar-refractivity contribution < 1.29 is 14.3 Å². The third kappa shape index (κ3) is 2.54. The number of benzene rings is 1. The van der Waals surface area contributed by atoms with E-state index in [4.69, 9.17) is 4.74 Å². The van der Waals surface area contributed by atoms with Gasteiger partial charge in [-0.15, -0.1) is 0 Å². The number of aryl methyl sites for hydroxylation is 1. The van der Waals surface area contributed by atoms with Crippen molar-refractivity contribution in [3.63, 3.8) is 0 Å². The van der Waals surface area contributed by atoms with Gasteiger partial charge in [-0.3, -0.25) is 14.5 Å². The minimum Gasteiger partial charge on any atom is -0.479 e. The Bertz CT molecular complexity index is 525. The number of anilines is 1. The van der Waals surface area contributed by atoms with Gasteiger partial charge in [0.2, 0.25) is 5.91 Å². The Morgan fingerprint density at radius 1 is 1.42 bits per heavy atom. The van der Waals surface area contributed by atoms with Gasteiger partial charge in [0.1, 0.15) is 12.3 Å². The SMILES string of the molecule is Cc1ccc2c(c1)O[C@@H](C)C(=O)N2CC(=O)N(C)C. The number of hydrogen-bond acceptors (Lipinski definition) is 3. The van der Waals surface area contributed by atoms with Crippen LogP contribution in [0.1, 0.15) is 12.5 Å². The van der Waals surface area contributed by atoms with E-state index in [1.165, 1.54) is 9.80 Å². The lowest BCUT2D eigenvalue weighted by Gasteiger charge is -2.33. The highest BCUT2D eigenvalue weighted by Gasteiger charge is 2.32. The molecule has 102 valence electrons. The van der Waals surface area contributed by atoms with Crippen LogP contribution >= 0.6 is 0 Å². The standard InChI is InChI=1S/C14H18N2O3/c1-9-5-6-11-12(7-9)19-10(2)14(18)16(11)8-13(17)15(3)4/h5-7,10H,8H2,1-4H3/t10-/m0/s1. The van der Waals surface area contributed by atoms with Gasteiger partial charge in [0.15, 0.2) is 6.10 Å². The van der Waals surface area contributed by atoms with Gasteiger partial charge >= 0.3 is 0 Å². The molecule has 0 saturated heterocycles. The second-order valence-electron chi connectivity index (χ2n) is 4.94. The van der Waals surface area contributed by atoms with E-state index in [1.807, 2.05) is 25.1 Å². The molecule has 0 spiro atoms.